The summed E-state index contributed by atoms with van der Waals surface area (Å²) in [6, 6.07) is 6.13. The molecule has 0 N–H and O–H groups in total. The van der Waals surface area contributed by atoms with Crippen molar-refractivity contribution in [3.63, 3.8) is 0 Å². The number of non-ortho nitro benzene ring substituents is 1. The minimum Gasteiger partial charge on any atom is -0.274 e. The van der Waals surface area contributed by atoms with Crippen molar-refractivity contribution < 1.29 is 14.5 Å². The van der Waals surface area contributed by atoms with Crippen LogP contribution < -0.4 is 5.01 Å². The third-order valence-corrected chi connectivity index (χ3v) is 6.86. The summed E-state index contributed by atoms with van der Waals surface area (Å²) in [5, 5.41) is 18.0. The number of nitrogens with zero attached hydrogens (tertiary/aromatic N) is 5. The quantitative estimate of drug-likeness (QED) is 0.458. The monoisotopic (exact) mass is 455 g/mol. The van der Waals surface area contributed by atoms with Crippen molar-refractivity contribution >= 4 is 40.1 Å². The molecule has 9 nitrogen and oxygen atoms in total. The highest BCUT2D eigenvalue weighted by molar-refractivity contribution is 8.14. The largest absolute Gasteiger partial charge is 0.274 e. The predicted octanol–water partition coefficient (Wildman–Crippen LogP) is 5.10. The van der Waals surface area contributed by atoms with Gasteiger partial charge in [-0.25, -0.2) is 4.98 Å². The van der Waals surface area contributed by atoms with Gasteiger partial charge in [-0.05, 0) is 24.6 Å². The van der Waals surface area contributed by atoms with Crippen LogP contribution >= 0.6 is 11.8 Å². The lowest BCUT2D eigenvalue weighted by molar-refractivity contribution is -0.384. The second-order valence-electron chi connectivity index (χ2n) is 7.89. The maximum atomic E-state index is 13.0. The number of amides is 1. The number of fused-ring (bicyclic) bond motifs is 1. The zero-order chi connectivity index (χ0) is 22.8. The van der Waals surface area contributed by atoms with Crippen molar-refractivity contribution in [2.75, 3.05) is 5.01 Å². The van der Waals surface area contributed by atoms with Gasteiger partial charge < -0.3 is 0 Å². The van der Waals surface area contributed by atoms with Gasteiger partial charge in [-0.15, -0.1) is 0 Å². The summed E-state index contributed by atoms with van der Waals surface area (Å²) in [6.07, 6.45) is 5.77. The number of carbonyl (C=O) groups is 2. The van der Waals surface area contributed by atoms with Crippen LogP contribution in [0.5, 0.6) is 0 Å². The number of hydrogen-bond donors (Lipinski definition) is 0. The maximum absolute atomic E-state index is 13.0. The van der Waals surface area contributed by atoms with Gasteiger partial charge in [0.05, 0.1) is 4.92 Å². The van der Waals surface area contributed by atoms with E-state index in [-0.39, 0.29) is 29.8 Å². The van der Waals surface area contributed by atoms with E-state index in [9.17, 15) is 19.7 Å². The van der Waals surface area contributed by atoms with Crippen molar-refractivity contribution in [3.05, 3.63) is 45.8 Å². The lowest BCUT2D eigenvalue weighted by Gasteiger charge is -2.23. The van der Waals surface area contributed by atoms with Crippen molar-refractivity contribution in [3.8, 4) is 0 Å². The molecule has 0 spiro atoms. The molecule has 4 rings (SSSR count). The number of hydrogen-bond acceptors (Lipinski definition) is 7. The van der Waals surface area contributed by atoms with Crippen molar-refractivity contribution in [1.29, 1.82) is 0 Å². The fourth-order valence-corrected chi connectivity index (χ4v) is 5.18. The highest BCUT2D eigenvalue weighted by Crippen LogP contribution is 2.42. The lowest BCUT2D eigenvalue weighted by atomic mass is 9.88. The van der Waals surface area contributed by atoms with Crippen molar-refractivity contribution in [2.45, 2.75) is 69.7 Å². The zero-order valence-corrected chi connectivity index (χ0v) is 18.9. The first-order chi connectivity index (χ1) is 15.4. The molecule has 2 heterocycles. The molecule has 1 amide bonds. The Bertz CT molecular complexity index is 1100. The van der Waals surface area contributed by atoms with E-state index < -0.39 is 4.92 Å². The van der Waals surface area contributed by atoms with E-state index in [0.717, 1.165) is 25.7 Å². The number of rotatable bonds is 5. The molecule has 2 aromatic rings. The van der Waals surface area contributed by atoms with Crippen LogP contribution in [0, 0.1) is 10.1 Å². The summed E-state index contributed by atoms with van der Waals surface area (Å²) >= 11 is 1.23. The second kappa shape index (κ2) is 9.23. The Morgan fingerprint density at radius 1 is 1.16 bits per heavy atom. The fourth-order valence-electron chi connectivity index (χ4n) is 4.12. The normalized spacial score (nSPS) is 16.4. The Labute approximate surface area is 190 Å². The number of thioether (sulfide) groups is 1. The van der Waals surface area contributed by atoms with Gasteiger partial charge in [-0.1, -0.05) is 45.2 Å². The van der Waals surface area contributed by atoms with Crippen LogP contribution in [0.15, 0.2) is 34.4 Å². The predicted molar refractivity (Wildman–Crippen MR) is 122 cm³/mol. The van der Waals surface area contributed by atoms with Gasteiger partial charge in [0.1, 0.15) is 15.9 Å². The Morgan fingerprint density at radius 2 is 1.88 bits per heavy atom. The van der Waals surface area contributed by atoms with E-state index in [0.29, 0.717) is 33.7 Å². The molecule has 1 aliphatic carbocycles. The van der Waals surface area contributed by atoms with E-state index in [1.54, 1.807) is 30.5 Å². The van der Waals surface area contributed by atoms with Crippen LogP contribution in [0.2, 0.25) is 0 Å². The van der Waals surface area contributed by atoms with Gasteiger partial charge in [0.15, 0.2) is 5.82 Å². The molecule has 2 aliphatic rings. The van der Waals surface area contributed by atoms with Gasteiger partial charge >= 0.3 is 0 Å². The standard InChI is InChI=1S/C22H25N5O4S/c1-3-17(28)25-19(14-9-6-5-7-10-14)23-20-22(25)32-21(24-26(20)18(29)4-2)15-11-8-12-16(13-15)27(30)31/h8,11-14H,3-7,9-10H2,1-2H3. The molecule has 10 heteroatoms. The van der Waals surface area contributed by atoms with Crippen LogP contribution in [-0.4, -0.2) is 31.3 Å². The Hall–Kier alpha value is -3.01. The molecule has 168 valence electrons. The smallest absolute Gasteiger partial charge is 0.270 e. The average molecular weight is 456 g/mol. The first-order valence-electron chi connectivity index (χ1n) is 10.9. The van der Waals surface area contributed by atoms with Gasteiger partial charge in [0.2, 0.25) is 11.8 Å². The summed E-state index contributed by atoms with van der Waals surface area (Å²) in [4.78, 5) is 41.4. The zero-order valence-electron chi connectivity index (χ0n) is 18.1. The number of carbonyl (C=O) groups excluding carboxylic acids is 2. The molecule has 32 heavy (non-hydrogen) atoms. The second-order valence-corrected chi connectivity index (χ2v) is 8.87. The summed E-state index contributed by atoms with van der Waals surface area (Å²) in [5.41, 5.74) is 0.450. The Balaban J connectivity index is 1.85. The fraction of sp³-hybridized carbons (Fsp3) is 0.455. The molecule has 0 saturated heterocycles. The summed E-state index contributed by atoms with van der Waals surface area (Å²) in [7, 11) is 0. The number of nitro groups is 1. The van der Waals surface area contributed by atoms with E-state index in [1.165, 1.54) is 35.3 Å². The number of imidazole rings is 1. The highest BCUT2D eigenvalue weighted by Gasteiger charge is 2.35. The topological polar surface area (TPSA) is 111 Å². The molecule has 0 atom stereocenters. The molecule has 0 unspecified atom stereocenters. The van der Waals surface area contributed by atoms with Crippen LogP contribution in [0.4, 0.5) is 11.5 Å². The molecule has 0 radical (unpaired) electrons. The average Bonchev–Trinajstić information content (AvgIpc) is 3.22. The van der Waals surface area contributed by atoms with Crippen LogP contribution in [0.3, 0.4) is 0 Å². The number of benzene rings is 1. The summed E-state index contributed by atoms with van der Waals surface area (Å²) < 4.78 is 1.65. The van der Waals surface area contributed by atoms with Crippen LogP contribution in [0.1, 0.15) is 80.9 Å². The van der Waals surface area contributed by atoms with Crippen molar-refractivity contribution in [1.82, 2.24) is 9.55 Å². The number of hydrazone groups is 1. The summed E-state index contributed by atoms with van der Waals surface area (Å²) in [5.74, 6) is 0.886. The van der Waals surface area contributed by atoms with Gasteiger partial charge in [-0.2, -0.15) is 10.1 Å². The number of aromatic nitrogens is 2. The van der Waals surface area contributed by atoms with Gasteiger partial charge in [-0.3, -0.25) is 24.3 Å². The van der Waals surface area contributed by atoms with E-state index in [4.69, 9.17) is 4.98 Å². The first kappa shape index (κ1) is 22.2. The molecule has 1 aliphatic heterocycles. The number of nitro benzene ring substituents is 1. The van der Waals surface area contributed by atoms with Gasteiger partial charge in [0.25, 0.3) is 5.69 Å². The first-order valence-corrected chi connectivity index (χ1v) is 11.8. The maximum Gasteiger partial charge on any atom is 0.270 e. The SMILES string of the molecule is CCC(=O)N1N=C(c2cccc([N+](=O)[O-])c2)Sc2c1nc(C1CCCCC1)n2C(=O)CC. The molecule has 0 bridgehead atoms. The molecule has 1 aromatic carbocycles. The van der Waals surface area contributed by atoms with E-state index in [1.807, 2.05) is 0 Å². The van der Waals surface area contributed by atoms with Crippen LogP contribution in [0.25, 0.3) is 0 Å². The molecule has 1 fully saturated rings. The van der Waals surface area contributed by atoms with Crippen LogP contribution in [-0.2, 0) is 4.79 Å². The Kier molecular flexibility index (Phi) is 6.40. The number of anilines is 1. The van der Waals surface area contributed by atoms with Gasteiger partial charge in [0, 0.05) is 36.5 Å². The minimum absolute atomic E-state index is 0.0639. The van der Waals surface area contributed by atoms with Crippen molar-refractivity contribution in [2.24, 2.45) is 5.10 Å². The lowest BCUT2D eigenvalue weighted by Crippen LogP contribution is -2.29. The minimum atomic E-state index is -0.468. The van der Waals surface area contributed by atoms with E-state index in [2.05, 4.69) is 5.10 Å². The molecular formula is C22H25N5O4S. The molecular weight excluding hydrogens is 430 g/mol. The van der Waals surface area contributed by atoms with E-state index >= 15 is 0 Å². The highest BCUT2D eigenvalue weighted by atomic mass is 32.2. The Morgan fingerprint density at radius 3 is 2.53 bits per heavy atom. The molecule has 1 aromatic heterocycles. The third kappa shape index (κ3) is 4.06. The molecule has 1 saturated carbocycles. The third-order valence-electron chi connectivity index (χ3n) is 5.79. The summed E-state index contributed by atoms with van der Waals surface area (Å²) in [6.45, 7) is 3.54.